The number of benzene rings is 1. The zero-order valence-corrected chi connectivity index (χ0v) is 10.6. The van der Waals surface area contributed by atoms with Crippen LogP contribution >= 0.6 is 0 Å². The second-order valence-electron chi connectivity index (χ2n) is 4.23. The molecule has 2 rings (SSSR count). The van der Waals surface area contributed by atoms with Crippen molar-refractivity contribution in [1.82, 2.24) is 9.78 Å². The minimum absolute atomic E-state index is 0.286. The van der Waals surface area contributed by atoms with Crippen molar-refractivity contribution in [3.8, 4) is 0 Å². The van der Waals surface area contributed by atoms with Crippen molar-refractivity contribution < 1.29 is 19.1 Å². The lowest BCUT2D eigenvalue weighted by atomic mass is 10.1. The van der Waals surface area contributed by atoms with Gasteiger partial charge in [0.1, 0.15) is 12.4 Å². The Kier molecular flexibility index (Phi) is 3.79. The molecule has 20 heavy (non-hydrogen) atoms. The summed E-state index contributed by atoms with van der Waals surface area (Å²) in [5.74, 6) is -1.84. The summed E-state index contributed by atoms with van der Waals surface area (Å²) < 4.78 is 14.2. The Bertz CT molecular complexity index is 667. The van der Waals surface area contributed by atoms with Crippen LogP contribution in [0.1, 0.15) is 15.9 Å². The van der Waals surface area contributed by atoms with E-state index in [2.05, 4.69) is 10.4 Å². The van der Waals surface area contributed by atoms with Gasteiger partial charge in [0.05, 0.1) is 11.9 Å². The summed E-state index contributed by atoms with van der Waals surface area (Å²) >= 11 is 0. The lowest BCUT2D eigenvalue weighted by Crippen LogP contribution is -2.13. The van der Waals surface area contributed by atoms with Crippen LogP contribution in [0.4, 0.5) is 10.1 Å². The molecule has 0 aliphatic carbocycles. The summed E-state index contributed by atoms with van der Waals surface area (Å²) in [4.78, 5) is 22.5. The number of carbonyl (C=O) groups is 2. The van der Waals surface area contributed by atoms with E-state index in [9.17, 15) is 14.0 Å². The van der Waals surface area contributed by atoms with Gasteiger partial charge in [-0.05, 0) is 30.7 Å². The minimum Gasteiger partial charge on any atom is -0.480 e. The summed E-state index contributed by atoms with van der Waals surface area (Å²) in [6.07, 6.45) is 2.75. The first kappa shape index (κ1) is 13.7. The molecule has 1 aromatic carbocycles. The second kappa shape index (κ2) is 5.52. The van der Waals surface area contributed by atoms with Crippen LogP contribution in [0.2, 0.25) is 0 Å². The Morgan fingerprint density at radius 1 is 1.45 bits per heavy atom. The number of aryl methyl sites for hydroxylation is 1. The van der Waals surface area contributed by atoms with Crippen molar-refractivity contribution in [2.24, 2.45) is 0 Å². The van der Waals surface area contributed by atoms with E-state index in [1.54, 1.807) is 6.92 Å². The number of halogens is 1. The molecule has 6 nitrogen and oxygen atoms in total. The van der Waals surface area contributed by atoms with Gasteiger partial charge in [0.25, 0.3) is 5.91 Å². The molecule has 2 N–H and O–H groups in total. The van der Waals surface area contributed by atoms with Crippen molar-refractivity contribution in [2.45, 2.75) is 13.5 Å². The van der Waals surface area contributed by atoms with Crippen LogP contribution in [-0.4, -0.2) is 26.8 Å². The van der Waals surface area contributed by atoms with Crippen molar-refractivity contribution in [3.05, 3.63) is 47.5 Å². The summed E-state index contributed by atoms with van der Waals surface area (Å²) in [5, 5.41) is 15.0. The predicted octanol–water partition coefficient (Wildman–Crippen LogP) is 1.67. The minimum atomic E-state index is -1.03. The summed E-state index contributed by atoms with van der Waals surface area (Å²) in [6.45, 7) is 1.34. The SMILES string of the molecule is Cc1cc(F)ccc1C(=O)Nc1cnn(CC(=O)O)c1. The van der Waals surface area contributed by atoms with Gasteiger partial charge in [-0.3, -0.25) is 14.3 Å². The van der Waals surface area contributed by atoms with Crippen LogP contribution in [-0.2, 0) is 11.3 Å². The highest BCUT2D eigenvalue weighted by Crippen LogP contribution is 2.13. The molecule has 0 spiro atoms. The van der Waals surface area contributed by atoms with Crippen LogP contribution in [0, 0.1) is 12.7 Å². The molecule has 7 heteroatoms. The van der Waals surface area contributed by atoms with E-state index in [0.29, 0.717) is 16.8 Å². The molecule has 2 aromatic rings. The van der Waals surface area contributed by atoms with E-state index in [4.69, 9.17) is 5.11 Å². The molecule has 104 valence electrons. The van der Waals surface area contributed by atoms with Gasteiger partial charge in [-0.2, -0.15) is 5.10 Å². The van der Waals surface area contributed by atoms with Crippen molar-refractivity contribution in [1.29, 1.82) is 0 Å². The summed E-state index contributed by atoms with van der Waals surface area (Å²) in [6, 6.07) is 3.86. The molecule has 0 fully saturated rings. The Labute approximate surface area is 113 Å². The van der Waals surface area contributed by atoms with Gasteiger partial charge in [0.2, 0.25) is 0 Å². The molecular weight excluding hydrogens is 265 g/mol. The number of hydrogen-bond donors (Lipinski definition) is 2. The number of amides is 1. The zero-order valence-electron chi connectivity index (χ0n) is 10.6. The van der Waals surface area contributed by atoms with Crippen LogP contribution < -0.4 is 5.32 Å². The number of aliphatic carboxylic acids is 1. The molecular formula is C13H12FN3O3. The third-order valence-electron chi connectivity index (χ3n) is 2.62. The first-order chi connectivity index (χ1) is 9.45. The van der Waals surface area contributed by atoms with Gasteiger partial charge in [0.15, 0.2) is 0 Å². The van der Waals surface area contributed by atoms with E-state index < -0.39 is 17.7 Å². The number of anilines is 1. The maximum Gasteiger partial charge on any atom is 0.325 e. The molecule has 0 aliphatic rings. The normalized spacial score (nSPS) is 10.3. The number of hydrogen-bond acceptors (Lipinski definition) is 3. The molecule has 0 aliphatic heterocycles. The van der Waals surface area contributed by atoms with Gasteiger partial charge >= 0.3 is 5.97 Å². The van der Waals surface area contributed by atoms with Crippen LogP contribution in [0.3, 0.4) is 0 Å². The van der Waals surface area contributed by atoms with E-state index in [1.165, 1.54) is 35.3 Å². The standard InChI is InChI=1S/C13H12FN3O3/c1-8-4-9(14)2-3-11(8)13(20)16-10-5-15-17(6-10)7-12(18)19/h2-6H,7H2,1H3,(H,16,20)(H,18,19). The molecule has 0 unspecified atom stereocenters. The average Bonchev–Trinajstić information content (AvgIpc) is 2.75. The molecule has 0 saturated heterocycles. The van der Waals surface area contributed by atoms with Gasteiger partial charge < -0.3 is 10.4 Å². The number of carboxylic acid groups (broad SMARTS) is 1. The maximum atomic E-state index is 13.0. The molecule has 0 radical (unpaired) electrons. The largest absolute Gasteiger partial charge is 0.480 e. The monoisotopic (exact) mass is 277 g/mol. The topological polar surface area (TPSA) is 84.2 Å². The molecule has 1 amide bonds. The predicted molar refractivity (Wildman–Crippen MR) is 69.0 cm³/mol. The highest BCUT2D eigenvalue weighted by atomic mass is 19.1. The summed E-state index contributed by atoms with van der Waals surface area (Å²) in [5.41, 5.74) is 1.23. The number of carboxylic acids is 1. The molecule has 0 bridgehead atoms. The number of carbonyl (C=O) groups excluding carboxylic acids is 1. The lowest BCUT2D eigenvalue weighted by Gasteiger charge is -2.05. The van der Waals surface area contributed by atoms with E-state index >= 15 is 0 Å². The fourth-order valence-corrected chi connectivity index (χ4v) is 1.73. The molecule has 0 saturated carbocycles. The quantitative estimate of drug-likeness (QED) is 0.890. The van der Waals surface area contributed by atoms with Crippen molar-refractivity contribution in [3.63, 3.8) is 0 Å². The van der Waals surface area contributed by atoms with Gasteiger partial charge in [0, 0.05) is 11.8 Å². The third-order valence-corrected chi connectivity index (χ3v) is 2.62. The first-order valence-corrected chi connectivity index (χ1v) is 5.77. The summed E-state index contributed by atoms with van der Waals surface area (Å²) in [7, 11) is 0. The average molecular weight is 277 g/mol. The molecule has 1 heterocycles. The smallest absolute Gasteiger partial charge is 0.325 e. The van der Waals surface area contributed by atoms with Crippen molar-refractivity contribution in [2.75, 3.05) is 5.32 Å². The second-order valence-corrected chi connectivity index (χ2v) is 4.23. The van der Waals surface area contributed by atoms with Gasteiger partial charge in [-0.15, -0.1) is 0 Å². The Morgan fingerprint density at radius 3 is 2.85 bits per heavy atom. The Morgan fingerprint density at radius 2 is 2.20 bits per heavy atom. The highest BCUT2D eigenvalue weighted by Gasteiger charge is 2.11. The lowest BCUT2D eigenvalue weighted by molar-refractivity contribution is -0.137. The molecule has 1 aromatic heterocycles. The highest BCUT2D eigenvalue weighted by molar-refractivity contribution is 6.05. The van der Waals surface area contributed by atoms with Crippen LogP contribution in [0.5, 0.6) is 0 Å². The number of nitrogens with one attached hydrogen (secondary N) is 1. The Hall–Kier alpha value is -2.70. The maximum absolute atomic E-state index is 13.0. The number of nitrogens with zero attached hydrogens (tertiary/aromatic N) is 2. The van der Waals surface area contributed by atoms with Crippen LogP contribution in [0.15, 0.2) is 30.6 Å². The van der Waals surface area contributed by atoms with E-state index in [0.717, 1.165) is 0 Å². The van der Waals surface area contributed by atoms with Crippen LogP contribution in [0.25, 0.3) is 0 Å². The van der Waals surface area contributed by atoms with Crippen molar-refractivity contribution >= 4 is 17.6 Å². The number of aromatic nitrogens is 2. The third kappa shape index (κ3) is 3.19. The first-order valence-electron chi connectivity index (χ1n) is 5.77. The Balaban J connectivity index is 2.11. The molecule has 0 atom stereocenters. The fraction of sp³-hybridized carbons (Fsp3) is 0.154. The van der Waals surface area contributed by atoms with E-state index in [1.807, 2.05) is 0 Å². The fourth-order valence-electron chi connectivity index (χ4n) is 1.73. The van der Waals surface area contributed by atoms with Gasteiger partial charge in [-0.1, -0.05) is 0 Å². The van der Waals surface area contributed by atoms with Gasteiger partial charge in [-0.25, -0.2) is 4.39 Å². The van der Waals surface area contributed by atoms with E-state index in [-0.39, 0.29) is 6.54 Å². The number of rotatable bonds is 4. The zero-order chi connectivity index (χ0) is 14.7.